The largest absolute Gasteiger partial charge is 0.313 e. The maximum atomic E-state index is 4.45. The molecular formula is C16H30N4. The summed E-state index contributed by atoms with van der Waals surface area (Å²) in [4.78, 5) is 2.58. The van der Waals surface area contributed by atoms with Crippen LogP contribution in [0.3, 0.4) is 0 Å². The number of rotatable bonds is 7. The van der Waals surface area contributed by atoms with Gasteiger partial charge < -0.3 is 5.32 Å². The molecule has 0 spiro atoms. The van der Waals surface area contributed by atoms with Crippen molar-refractivity contribution >= 4 is 0 Å². The van der Waals surface area contributed by atoms with Crippen molar-refractivity contribution in [1.82, 2.24) is 20.0 Å². The molecule has 0 aromatic carbocycles. The predicted octanol–water partition coefficient (Wildman–Crippen LogP) is 2.67. The Labute approximate surface area is 123 Å². The van der Waals surface area contributed by atoms with Crippen molar-refractivity contribution in [1.29, 1.82) is 0 Å². The quantitative estimate of drug-likeness (QED) is 0.832. The molecule has 20 heavy (non-hydrogen) atoms. The lowest BCUT2D eigenvalue weighted by Gasteiger charge is -2.26. The Morgan fingerprint density at radius 2 is 2.20 bits per heavy atom. The molecule has 2 heterocycles. The first-order chi connectivity index (χ1) is 9.54. The second-order valence-electron chi connectivity index (χ2n) is 6.80. The van der Waals surface area contributed by atoms with Crippen LogP contribution in [0.2, 0.25) is 0 Å². The second-order valence-corrected chi connectivity index (χ2v) is 6.80. The fraction of sp³-hybridized carbons (Fsp3) is 0.812. The molecular weight excluding hydrogens is 248 g/mol. The summed E-state index contributed by atoms with van der Waals surface area (Å²) < 4.78 is 2.05. The summed E-state index contributed by atoms with van der Waals surface area (Å²) in [6.45, 7) is 13.5. The van der Waals surface area contributed by atoms with Gasteiger partial charge in [0.15, 0.2) is 0 Å². The van der Waals surface area contributed by atoms with Crippen molar-refractivity contribution in [3.63, 3.8) is 0 Å². The van der Waals surface area contributed by atoms with Gasteiger partial charge in [0, 0.05) is 43.5 Å². The Balaban J connectivity index is 1.94. The van der Waals surface area contributed by atoms with Crippen LogP contribution in [-0.4, -0.2) is 40.4 Å². The van der Waals surface area contributed by atoms with Gasteiger partial charge in [-0.3, -0.25) is 9.58 Å². The van der Waals surface area contributed by atoms with Gasteiger partial charge in [-0.25, -0.2) is 0 Å². The first-order valence-electron chi connectivity index (χ1n) is 8.03. The van der Waals surface area contributed by atoms with Gasteiger partial charge in [0.2, 0.25) is 0 Å². The fourth-order valence-corrected chi connectivity index (χ4v) is 2.94. The molecule has 1 saturated heterocycles. The van der Waals surface area contributed by atoms with Gasteiger partial charge in [-0.2, -0.15) is 5.10 Å². The number of nitrogens with one attached hydrogen (secondary N) is 1. The zero-order valence-electron chi connectivity index (χ0n) is 13.5. The zero-order chi connectivity index (χ0) is 14.5. The van der Waals surface area contributed by atoms with Gasteiger partial charge in [-0.05, 0) is 39.2 Å². The van der Waals surface area contributed by atoms with Gasteiger partial charge in [0.1, 0.15) is 0 Å². The Morgan fingerprint density at radius 1 is 1.40 bits per heavy atom. The molecule has 4 heteroatoms. The summed E-state index contributed by atoms with van der Waals surface area (Å²) in [6, 6.07) is 1.12. The monoisotopic (exact) mass is 278 g/mol. The van der Waals surface area contributed by atoms with Gasteiger partial charge in [-0.15, -0.1) is 0 Å². The van der Waals surface area contributed by atoms with Crippen LogP contribution in [0.1, 0.15) is 52.1 Å². The maximum Gasteiger partial charge on any atom is 0.0534 e. The molecule has 1 fully saturated rings. The Bertz CT molecular complexity index is 391. The van der Waals surface area contributed by atoms with Crippen LogP contribution in [-0.2, 0) is 6.54 Å². The van der Waals surface area contributed by atoms with E-state index in [1.807, 2.05) is 6.20 Å². The molecule has 1 N–H and O–H groups in total. The first kappa shape index (κ1) is 15.5. The van der Waals surface area contributed by atoms with Crippen molar-refractivity contribution in [3.05, 3.63) is 18.0 Å². The van der Waals surface area contributed by atoms with E-state index in [-0.39, 0.29) is 0 Å². The van der Waals surface area contributed by atoms with Crippen LogP contribution in [0, 0.1) is 5.92 Å². The summed E-state index contributed by atoms with van der Waals surface area (Å²) in [5.74, 6) is 0.705. The van der Waals surface area contributed by atoms with E-state index < -0.39 is 0 Å². The number of nitrogens with zero attached hydrogens (tertiary/aromatic N) is 3. The summed E-state index contributed by atoms with van der Waals surface area (Å²) in [5, 5.41) is 8.06. The summed E-state index contributed by atoms with van der Waals surface area (Å²) in [6.07, 6.45) is 6.86. The third-order valence-electron chi connectivity index (χ3n) is 3.85. The standard InChI is InChI=1S/C16H30N4/c1-13(2)9-19(12-16-6-5-7-17-16)10-15-8-18-20(11-15)14(3)4/h8,11,13-14,16-17H,5-7,9-10,12H2,1-4H3. The van der Waals surface area contributed by atoms with E-state index in [2.05, 4.69) is 53.9 Å². The molecule has 0 bridgehead atoms. The van der Waals surface area contributed by atoms with Gasteiger partial charge >= 0.3 is 0 Å². The molecule has 0 radical (unpaired) electrons. The molecule has 1 aromatic rings. The molecule has 2 rings (SSSR count). The highest BCUT2D eigenvalue weighted by Gasteiger charge is 2.19. The van der Waals surface area contributed by atoms with Crippen LogP contribution in [0.4, 0.5) is 0 Å². The minimum Gasteiger partial charge on any atom is -0.313 e. The first-order valence-corrected chi connectivity index (χ1v) is 8.03. The Kier molecular flexibility index (Phi) is 5.61. The lowest BCUT2D eigenvalue weighted by atomic mass is 10.1. The Morgan fingerprint density at radius 3 is 2.75 bits per heavy atom. The lowest BCUT2D eigenvalue weighted by molar-refractivity contribution is 0.216. The van der Waals surface area contributed by atoms with E-state index in [1.165, 1.54) is 24.9 Å². The molecule has 0 amide bonds. The number of hydrogen-bond donors (Lipinski definition) is 1. The lowest BCUT2D eigenvalue weighted by Crippen LogP contribution is -2.38. The summed E-state index contributed by atoms with van der Waals surface area (Å²) in [7, 11) is 0. The molecule has 1 atom stereocenters. The molecule has 1 aliphatic heterocycles. The minimum absolute atomic E-state index is 0.443. The molecule has 0 saturated carbocycles. The number of hydrogen-bond acceptors (Lipinski definition) is 3. The van der Waals surface area contributed by atoms with Gasteiger partial charge in [0.05, 0.1) is 6.20 Å². The molecule has 1 aliphatic rings. The third kappa shape index (κ3) is 4.60. The van der Waals surface area contributed by atoms with E-state index >= 15 is 0 Å². The summed E-state index contributed by atoms with van der Waals surface area (Å²) >= 11 is 0. The average Bonchev–Trinajstić information content (AvgIpc) is 2.99. The van der Waals surface area contributed by atoms with Crippen molar-refractivity contribution in [2.45, 2.75) is 59.2 Å². The highest BCUT2D eigenvalue weighted by molar-refractivity contribution is 5.04. The molecule has 1 unspecified atom stereocenters. The van der Waals surface area contributed by atoms with E-state index in [4.69, 9.17) is 0 Å². The van der Waals surface area contributed by atoms with E-state index in [9.17, 15) is 0 Å². The average molecular weight is 278 g/mol. The van der Waals surface area contributed by atoms with Crippen molar-refractivity contribution in [3.8, 4) is 0 Å². The van der Waals surface area contributed by atoms with Gasteiger partial charge in [-0.1, -0.05) is 13.8 Å². The SMILES string of the molecule is CC(C)CN(Cc1cnn(C(C)C)c1)CC1CCCN1. The topological polar surface area (TPSA) is 33.1 Å². The summed E-state index contributed by atoms with van der Waals surface area (Å²) in [5.41, 5.74) is 1.33. The van der Waals surface area contributed by atoms with Crippen LogP contribution >= 0.6 is 0 Å². The van der Waals surface area contributed by atoms with Crippen LogP contribution < -0.4 is 5.32 Å². The Hall–Kier alpha value is -0.870. The zero-order valence-corrected chi connectivity index (χ0v) is 13.5. The van der Waals surface area contributed by atoms with Crippen LogP contribution in [0.5, 0.6) is 0 Å². The van der Waals surface area contributed by atoms with Crippen molar-refractivity contribution in [2.75, 3.05) is 19.6 Å². The van der Waals surface area contributed by atoms with Gasteiger partial charge in [0.25, 0.3) is 0 Å². The third-order valence-corrected chi connectivity index (χ3v) is 3.85. The minimum atomic E-state index is 0.443. The fourth-order valence-electron chi connectivity index (χ4n) is 2.94. The van der Waals surface area contributed by atoms with Crippen molar-refractivity contribution in [2.24, 2.45) is 5.92 Å². The van der Waals surface area contributed by atoms with Crippen molar-refractivity contribution < 1.29 is 0 Å². The molecule has 0 aliphatic carbocycles. The number of aromatic nitrogens is 2. The second kappa shape index (κ2) is 7.23. The molecule has 114 valence electrons. The van der Waals surface area contributed by atoms with Crippen LogP contribution in [0.15, 0.2) is 12.4 Å². The highest BCUT2D eigenvalue weighted by atomic mass is 15.3. The van der Waals surface area contributed by atoms with E-state index in [0.717, 1.165) is 19.6 Å². The van der Waals surface area contributed by atoms with Crippen LogP contribution in [0.25, 0.3) is 0 Å². The molecule has 1 aromatic heterocycles. The van der Waals surface area contributed by atoms with E-state index in [1.54, 1.807) is 0 Å². The smallest absolute Gasteiger partial charge is 0.0534 e. The maximum absolute atomic E-state index is 4.45. The normalized spacial score (nSPS) is 19.6. The highest BCUT2D eigenvalue weighted by Crippen LogP contribution is 2.13. The van der Waals surface area contributed by atoms with E-state index in [0.29, 0.717) is 18.0 Å². The predicted molar refractivity (Wildman–Crippen MR) is 83.8 cm³/mol. The molecule has 4 nitrogen and oxygen atoms in total.